The van der Waals surface area contributed by atoms with E-state index < -0.39 is 37.1 Å². The van der Waals surface area contributed by atoms with Crippen molar-refractivity contribution in [3.8, 4) is 5.75 Å². The van der Waals surface area contributed by atoms with Gasteiger partial charge in [-0.15, -0.1) is 9.24 Å². The highest BCUT2D eigenvalue weighted by molar-refractivity contribution is 7.99. The summed E-state index contributed by atoms with van der Waals surface area (Å²) in [4.78, 5) is 13.3. The number of alkyl halides is 6. The molecule has 1 aromatic carbocycles. The molecular formula is C19H20F6N5O2PS. The maximum Gasteiger partial charge on any atom is 0.392 e. The number of rotatable bonds is 9. The zero-order valence-corrected chi connectivity index (χ0v) is 19.6. The number of anilines is 1. The lowest BCUT2D eigenvalue weighted by molar-refractivity contribution is -0.205. The van der Waals surface area contributed by atoms with Crippen molar-refractivity contribution in [3.63, 3.8) is 0 Å². The first-order valence-electron chi connectivity index (χ1n) is 9.64. The second-order valence-corrected chi connectivity index (χ2v) is 9.33. The molecule has 7 nitrogen and oxygen atoms in total. The van der Waals surface area contributed by atoms with Gasteiger partial charge in [-0.2, -0.15) is 31.3 Å². The number of methoxy groups -OCH3 is 1. The van der Waals surface area contributed by atoms with Gasteiger partial charge in [-0.1, -0.05) is 23.9 Å². The van der Waals surface area contributed by atoms with E-state index >= 15 is 0 Å². The number of imidazole rings is 1. The lowest BCUT2D eigenvalue weighted by atomic mass is 10.1. The van der Waals surface area contributed by atoms with Crippen LogP contribution in [0, 0.1) is 0 Å². The van der Waals surface area contributed by atoms with Crippen molar-refractivity contribution in [3.05, 3.63) is 30.6 Å². The van der Waals surface area contributed by atoms with Crippen molar-refractivity contribution in [1.29, 1.82) is 0 Å². The van der Waals surface area contributed by atoms with E-state index in [0.29, 0.717) is 16.3 Å². The summed E-state index contributed by atoms with van der Waals surface area (Å²) in [6.45, 7) is -0.572. The minimum atomic E-state index is -4.85. The molecular weight excluding hydrogens is 507 g/mol. The Morgan fingerprint density at radius 2 is 1.71 bits per heavy atom. The first kappa shape index (κ1) is 26.3. The Kier molecular flexibility index (Phi) is 7.83. The molecule has 1 unspecified atom stereocenters. The Bertz CT molecular complexity index is 1120. The number of hydrogen-bond acceptors (Lipinski definition) is 7. The molecule has 0 aliphatic heterocycles. The topological polar surface area (TPSA) is 88.1 Å². The number of ether oxygens (including phenoxy) is 2. The Labute approximate surface area is 196 Å². The molecule has 15 heteroatoms. The largest absolute Gasteiger partial charge is 0.496 e. The van der Waals surface area contributed by atoms with Crippen molar-refractivity contribution in [2.24, 2.45) is 0 Å². The van der Waals surface area contributed by atoms with Crippen molar-refractivity contribution in [2.75, 3.05) is 19.5 Å². The van der Waals surface area contributed by atoms with Crippen LogP contribution >= 0.6 is 21.0 Å². The number of nitrogen functional groups attached to an aromatic ring is 1. The SMILES string of the molecule is COc1ccccc1Sc1nc(N)nc2c1ncn2CCOC(P)(CC(F)(F)F)CC(F)(F)F. The van der Waals surface area contributed by atoms with Crippen molar-refractivity contribution < 1.29 is 35.8 Å². The lowest BCUT2D eigenvalue weighted by Gasteiger charge is -2.31. The maximum absolute atomic E-state index is 12.8. The molecule has 2 heterocycles. The second kappa shape index (κ2) is 10.1. The molecule has 0 saturated carbocycles. The molecule has 1 atom stereocenters. The van der Waals surface area contributed by atoms with Crippen LogP contribution in [0.15, 0.2) is 40.5 Å². The van der Waals surface area contributed by atoms with Gasteiger partial charge < -0.3 is 19.8 Å². The molecule has 186 valence electrons. The molecule has 2 N–H and O–H groups in total. The third-order valence-electron chi connectivity index (χ3n) is 4.45. The molecule has 3 aromatic rings. The van der Waals surface area contributed by atoms with Gasteiger partial charge in [0.2, 0.25) is 5.95 Å². The highest BCUT2D eigenvalue weighted by Gasteiger charge is 2.47. The molecule has 0 saturated heterocycles. The van der Waals surface area contributed by atoms with Gasteiger partial charge in [0.1, 0.15) is 16.3 Å². The maximum atomic E-state index is 12.8. The van der Waals surface area contributed by atoms with E-state index in [1.54, 1.807) is 33.5 Å². The fourth-order valence-electron chi connectivity index (χ4n) is 3.17. The van der Waals surface area contributed by atoms with E-state index in [1.807, 2.05) is 0 Å². The summed E-state index contributed by atoms with van der Waals surface area (Å²) in [5, 5.41) is -2.15. The second-order valence-electron chi connectivity index (χ2n) is 7.25. The summed E-state index contributed by atoms with van der Waals surface area (Å²) in [6.07, 6.45) is -11.9. The van der Waals surface area contributed by atoms with Crippen LogP contribution in [0.4, 0.5) is 32.3 Å². The monoisotopic (exact) mass is 527 g/mol. The molecule has 0 spiro atoms. The zero-order chi connectivity index (χ0) is 25.1. The average molecular weight is 527 g/mol. The van der Waals surface area contributed by atoms with Gasteiger partial charge in [-0.25, -0.2) is 9.97 Å². The number of aromatic nitrogens is 4. The van der Waals surface area contributed by atoms with Crippen molar-refractivity contribution >= 4 is 38.1 Å². The zero-order valence-electron chi connectivity index (χ0n) is 17.7. The molecule has 0 aliphatic rings. The molecule has 0 fully saturated rings. The van der Waals surface area contributed by atoms with Gasteiger partial charge >= 0.3 is 12.4 Å². The van der Waals surface area contributed by atoms with E-state index in [1.165, 1.54) is 29.8 Å². The molecule has 0 bridgehead atoms. The highest BCUT2D eigenvalue weighted by Crippen LogP contribution is 2.42. The summed E-state index contributed by atoms with van der Waals surface area (Å²) in [5.41, 5.74) is 6.43. The number of fused-ring (bicyclic) bond motifs is 1. The third-order valence-corrected chi connectivity index (χ3v) is 6.06. The average Bonchev–Trinajstić information content (AvgIpc) is 3.08. The molecule has 3 rings (SSSR count). The summed E-state index contributed by atoms with van der Waals surface area (Å²) < 4.78 is 88.8. The number of benzene rings is 1. The summed E-state index contributed by atoms with van der Waals surface area (Å²) >= 11 is 1.22. The normalized spacial score (nSPS) is 12.9. The van der Waals surface area contributed by atoms with Crippen LogP contribution in [-0.2, 0) is 11.3 Å². The summed E-state index contributed by atoms with van der Waals surface area (Å²) in [6, 6.07) is 7.17. The number of halogens is 6. The van der Waals surface area contributed by atoms with Crippen LogP contribution in [0.5, 0.6) is 5.75 Å². The van der Waals surface area contributed by atoms with Crippen LogP contribution in [0.25, 0.3) is 11.2 Å². The molecule has 0 amide bonds. The van der Waals surface area contributed by atoms with E-state index in [4.69, 9.17) is 15.2 Å². The van der Waals surface area contributed by atoms with Crippen molar-refractivity contribution in [2.45, 2.75) is 47.0 Å². The molecule has 0 radical (unpaired) electrons. The minimum absolute atomic E-state index is 0.0814. The number of hydrogen-bond donors (Lipinski definition) is 1. The number of nitrogens with two attached hydrogens (primary N) is 1. The van der Waals surface area contributed by atoms with E-state index in [9.17, 15) is 26.3 Å². The predicted octanol–water partition coefficient (Wildman–Crippen LogP) is 5.06. The minimum Gasteiger partial charge on any atom is -0.496 e. The van der Waals surface area contributed by atoms with Gasteiger partial charge in [0.15, 0.2) is 5.65 Å². The summed E-state index contributed by atoms with van der Waals surface area (Å²) in [5.74, 6) is 0.513. The van der Waals surface area contributed by atoms with Gasteiger partial charge in [-0.05, 0) is 12.1 Å². The third kappa shape index (κ3) is 7.09. The van der Waals surface area contributed by atoms with Crippen LogP contribution in [-0.4, -0.2) is 50.9 Å². The van der Waals surface area contributed by atoms with Crippen LogP contribution in [0.2, 0.25) is 0 Å². The van der Waals surface area contributed by atoms with E-state index in [-0.39, 0.29) is 18.1 Å². The van der Waals surface area contributed by atoms with E-state index in [0.717, 1.165) is 4.90 Å². The Hall–Kier alpha value is -2.31. The fourth-order valence-corrected chi connectivity index (χ4v) is 4.73. The Morgan fingerprint density at radius 3 is 2.32 bits per heavy atom. The van der Waals surface area contributed by atoms with Gasteiger partial charge in [0, 0.05) is 6.54 Å². The van der Waals surface area contributed by atoms with Crippen LogP contribution in [0.3, 0.4) is 0 Å². The van der Waals surface area contributed by atoms with Gasteiger partial charge in [0.25, 0.3) is 0 Å². The molecule has 2 aromatic heterocycles. The fraction of sp³-hybridized carbons (Fsp3) is 0.421. The van der Waals surface area contributed by atoms with Crippen molar-refractivity contribution in [1.82, 2.24) is 19.5 Å². The van der Waals surface area contributed by atoms with E-state index in [2.05, 4.69) is 15.0 Å². The Morgan fingerprint density at radius 1 is 1.06 bits per heavy atom. The van der Waals surface area contributed by atoms with Gasteiger partial charge in [0.05, 0.1) is 43.1 Å². The number of para-hydroxylation sites is 1. The number of nitrogens with zero attached hydrogens (tertiary/aromatic N) is 4. The molecule has 0 aliphatic carbocycles. The van der Waals surface area contributed by atoms with Crippen LogP contribution < -0.4 is 10.5 Å². The Balaban J connectivity index is 1.80. The van der Waals surface area contributed by atoms with Gasteiger partial charge in [-0.3, -0.25) is 0 Å². The lowest BCUT2D eigenvalue weighted by Crippen LogP contribution is -2.37. The summed E-state index contributed by atoms with van der Waals surface area (Å²) in [7, 11) is 3.07. The first-order chi connectivity index (χ1) is 15.8. The first-order valence-corrected chi connectivity index (χ1v) is 11.0. The predicted molar refractivity (Wildman–Crippen MR) is 117 cm³/mol. The standard InChI is InChI=1S/C19H20F6N5O2PS/c1-31-11-4-2-3-5-12(11)34-15-13-14(28-16(26)29-15)30(10-27-13)6-7-32-17(33,8-18(20,21)22)9-19(23,24)25/h2-5,10H,6-9,33H2,1H3,(H2,26,28,29). The molecule has 34 heavy (non-hydrogen) atoms. The highest BCUT2D eigenvalue weighted by atomic mass is 32.2. The smallest absolute Gasteiger partial charge is 0.392 e. The van der Waals surface area contributed by atoms with Crippen LogP contribution in [0.1, 0.15) is 12.8 Å². The quantitative estimate of drug-likeness (QED) is 0.236.